The lowest BCUT2D eigenvalue weighted by molar-refractivity contribution is 0.129. The zero-order valence-corrected chi connectivity index (χ0v) is 12.3. The predicted molar refractivity (Wildman–Crippen MR) is 77.7 cm³/mol. The molecule has 3 heterocycles. The summed E-state index contributed by atoms with van der Waals surface area (Å²) in [4.78, 5) is 1.41. The summed E-state index contributed by atoms with van der Waals surface area (Å²) < 4.78 is 7.77. The molecule has 0 bridgehead atoms. The number of thioether (sulfide) groups is 1. The van der Waals surface area contributed by atoms with Crippen LogP contribution < -0.4 is 0 Å². The molecule has 1 saturated heterocycles. The molecule has 1 fully saturated rings. The quantitative estimate of drug-likeness (QED) is 0.768. The lowest BCUT2D eigenvalue weighted by Gasteiger charge is -2.09. The van der Waals surface area contributed by atoms with E-state index in [2.05, 4.69) is 32.3 Å². The molecule has 3 rings (SSSR count). The first-order valence-electron chi connectivity index (χ1n) is 6.56. The Morgan fingerprint density at radius 1 is 1.53 bits per heavy atom. The molecule has 0 aliphatic carbocycles. The molecule has 2 aromatic heterocycles. The summed E-state index contributed by atoms with van der Waals surface area (Å²) >= 11 is 3.56. The van der Waals surface area contributed by atoms with Crippen molar-refractivity contribution in [2.24, 2.45) is 0 Å². The molecule has 0 spiro atoms. The number of hydrogen-bond acceptors (Lipinski definition) is 5. The van der Waals surface area contributed by atoms with Gasteiger partial charge in [-0.1, -0.05) is 17.8 Å². The van der Waals surface area contributed by atoms with Crippen LogP contribution in [0, 0.1) is 0 Å². The molecule has 0 radical (unpaired) electrons. The van der Waals surface area contributed by atoms with Gasteiger partial charge in [0.1, 0.15) is 6.33 Å². The first kappa shape index (κ1) is 13.1. The molecular weight excluding hydrogens is 278 g/mol. The molecule has 0 amide bonds. The van der Waals surface area contributed by atoms with Gasteiger partial charge in [-0.15, -0.1) is 21.5 Å². The highest BCUT2D eigenvalue weighted by Gasteiger charge is 2.17. The number of hydrogen-bond donors (Lipinski definition) is 0. The number of aromatic nitrogens is 3. The minimum Gasteiger partial charge on any atom is -0.377 e. The van der Waals surface area contributed by atoms with Gasteiger partial charge in [-0.3, -0.25) is 0 Å². The van der Waals surface area contributed by atoms with Crippen LogP contribution in [-0.2, 0) is 17.7 Å². The van der Waals surface area contributed by atoms with E-state index >= 15 is 0 Å². The lowest BCUT2D eigenvalue weighted by atomic mass is 10.3. The molecule has 0 N–H and O–H groups in total. The normalized spacial score (nSPS) is 19.1. The monoisotopic (exact) mass is 295 g/mol. The minimum atomic E-state index is 0.396. The number of rotatable bonds is 6. The molecule has 6 heteroatoms. The van der Waals surface area contributed by atoms with Crippen molar-refractivity contribution in [2.75, 3.05) is 12.4 Å². The molecule has 2 aromatic rings. The van der Waals surface area contributed by atoms with Gasteiger partial charge in [0.15, 0.2) is 5.16 Å². The largest absolute Gasteiger partial charge is 0.377 e. The van der Waals surface area contributed by atoms with Gasteiger partial charge in [0, 0.05) is 23.8 Å². The van der Waals surface area contributed by atoms with Crippen molar-refractivity contribution in [1.82, 2.24) is 14.8 Å². The van der Waals surface area contributed by atoms with Crippen LogP contribution >= 0.6 is 23.1 Å². The van der Waals surface area contributed by atoms with Gasteiger partial charge < -0.3 is 9.30 Å². The third-order valence-electron chi connectivity index (χ3n) is 3.18. The summed E-state index contributed by atoms with van der Waals surface area (Å²) in [6, 6.07) is 4.27. The average molecular weight is 295 g/mol. The highest BCUT2D eigenvalue weighted by Crippen LogP contribution is 2.22. The summed E-state index contributed by atoms with van der Waals surface area (Å²) in [6.07, 6.45) is 5.63. The Balaban J connectivity index is 1.52. The molecule has 102 valence electrons. The number of nitrogens with zero attached hydrogens (tertiary/aromatic N) is 3. The predicted octanol–water partition coefficient (Wildman–Crippen LogP) is 2.85. The molecule has 1 aliphatic rings. The first-order chi connectivity index (χ1) is 9.42. The third-order valence-corrected chi connectivity index (χ3v) is 5.23. The minimum absolute atomic E-state index is 0.396. The van der Waals surface area contributed by atoms with Gasteiger partial charge in [-0.05, 0) is 30.7 Å². The lowest BCUT2D eigenvalue weighted by Crippen LogP contribution is -2.09. The fourth-order valence-corrected chi connectivity index (χ4v) is 3.84. The van der Waals surface area contributed by atoms with Crippen molar-refractivity contribution >= 4 is 23.1 Å². The second-order valence-electron chi connectivity index (χ2n) is 4.58. The van der Waals surface area contributed by atoms with Crippen LogP contribution in [0.3, 0.4) is 0 Å². The van der Waals surface area contributed by atoms with Gasteiger partial charge in [0.25, 0.3) is 0 Å². The third kappa shape index (κ3) is 3.58. The molecule has 0 aromatic carbocycles. The second-order valence-corrected chi connectivity index (χ2v) is 6.60. The summed E-state index contributed by atoms with van der Waals surface area (Å²) in [5.74, 6) is 0.984. The zero-order valence-electron chi connectivity index (χ0n) is 10.7. The molecule has 1 unspecified atom stereocenters. The van der Waals surface area contributed by atoms with Crippen LogP contribution in [0.4, 0.5) is 0 Å². The highest BCUT2D eigenvalue weighted by atomic mass is 32.2. The average Bonchev–Trinajstić information content (AvgIpc) is 3.16. The maximum absolute atomic E-state index is 5.63. The van der Waals surface area contributed by atoms with E-state index in [9.17, 15) is 0 Å². The van der Waals surface area contributed by atoms with E-state index in [1.165, 1.54) is 17.7 Å². The van der Waals surface area contributed by atoms with Crippen molar-refractivity contribution in [3.05, 3.63) is 28.7 Å². The Morgan fingerprint density at radius 2 is 2.53 bits per heavy atom. The van der Waals surface area contributed by atoms with Crippen LogP contribution in [0.5, 0.6) is 0 Å². The topological polar surface area (TPSA) is 39.9 Å². The van der Waals surface area contributed by atoms with Crippen LogP contribution in [0.25, 0.3) is 0 Å². The number of aryl methyl sites for hydroxylation is 2. The van der Waals surface area contributed by atoms with Crippen molar-refractivity contribution in [2.45, 2.75) is 37.1 Å². The van der Waals surface area contributed by atoms with Crippen LogP contribution in [0.15, 0.2) is 29.0 Å². The van der Waals surface area contributed by atoms with Gasteiger partial charge in [0.2, 0.25) is 0 Å². The number of thiophene rings is 1. The van der Waals surface area contributed by atoms with Crippen LogP contribution in [-0.4, -0.2) is 33.2 Å². The maximum atomic E-state index is 5.63. The van der Waals surface area contributed by atoms with Crippen molar-refractivity contribution in [1.29, 1.82) is 0 Å². The smallest absolute Gasteiger partial charge is 0.191 e. The fraction of sp³-hybridized carbons (Fsp3) is 0.538. The molecule has 1 aliphatic heterocycles. The molecular formula is C13H17N3OS2. The maximum Gasteiger partial charge on any atom is 0.191 e. The molecule has 4 nitrogen and oxygen atoms in total. The Bertz CT molecular complexity index is 492. The van der Waals surface area contributed by atoms with Gasteiger partial charge in [-0.2, -0.15) is 0 Å². The van der Waals surface area contributed by atoms with E-state index in [1.807, 2.05) is 6.33 Å². The van der Waals surface area contributed by atoms with Crippen LogP contribution in [0.2, 0.25) is 0 Å². The molecule has 0 saturated carbocycles. The summed E-state index contributed by atoms with van der Waals surface area (Å²) in [6.45, 7) is 1.86. The number of ether oxygens (including phenoxy) is 1. The van der Waals surface area contributed by atoms with Crippen molar-refractivity contribution in [3.8, 4) is 0 Å². The van der Waals surface area contributed by atoms with E-state index in [4.69, 9.17) is 4.74 Å². The molecule has 1 atom stereocenters. The Hall–Kier alpha value is -0.850. The second kappa shape index (κ2) is 6.54. The van der Waals surface area contributed by atoms with Crippen LogP contribution in [0.1, 0.15) is 17.7 Å². The Labute approximate surface area is 121 Å². The molecule has 19 heavy (non-hydrogen) atoms. The summed E-state index contributed by atoms with van der Waals surface area (Å²) in [7, 11) is 0. The fourth-order valence-electron chi connectivity index (χ4n) is 2.14. The zero-order chi connectivity index (χ0) is 12.9. The van der Waals surface area contributed by atoms with Crippen molar-refractivity contribution < 1.29 is 4.74 Å². The summed E-state index contributed by atoms with van der Waals surface area (Å²) in [5, 5.41) is 11.3. The van der Waals surface area contributed by atoms with Gasteiger partial charge in [0.05, 0.1) is 6.10 Å². The van der Waals surface area contributed by atoms with E-state index in [0.29, 0.717) is 6.10 Å². The van der Waals surface area contributed by atoms with E-state index in [-0.39, 0.29) is 0 Å². The highest BCUT2D eigenvalue weighted by molar-refractivity contribution is 7.99. The standard InChI is InChI=1S/C13H17N3OS2/c1-3-11(17-7-1)9-19-13-15-14-10-16(13)6-5-12-4-2-8-18-12/h2,4,8,10-11H,1,3,5-7,9H2. The first-order valence-corrected chi connectivity index (χ1v) is 8.43. The Kier molecular flexibility index (Phi) is 4.53. The summed E-state index contributed by atoms with van der Waals surface area (Å²) in [5.41, 5.74) is 0. The Morgan fingerprint density at radius 3 is 3.32 bits per heavy atom. The van der Waals surface area contributed by atoms with Crippen molar-refractivity contribution in [3.63, 3.8) is 0 Å². The van der Waals surface area contributed by atoms with Gasteiger partial charge >= 0.3 is 0 Å². The van der Waals surface area contributed by atoms with Gasteiger partial charge in [-0.25, -0.2) is 0 Å². The van der Waals surface area contributed by atoms with E-state index in [1.54, 1.807) is 23.1 Å². The SMILES string of the molecule is c1csc(CCn2cnnc2SCC2CCCO2)c1. The van der Waals surface area contributed by atoms with E-state index in [0.717, 1.165) is 30.5 Å². The van der Waals surface area contributed by atoms with E-state index < -0.39 is 0 Å².